The Labute approximate surface area is 161 Å². The molecule has 0 spiro atoms. The third kappa shape index (κ3) is 5.04. The third-order valence-electron chi connectivity index (χ3n) is 4.85. The van der Waals surface area contributed by atoms with E-state index in [1.54, 1.807) is 6.20 Å². The number of hydrogen-bond donors (Lipinski definition) is 1. The highest BCUT2D eigenvalue weighted by molar-refractivity contribution is 5.66. The molecule has 8 heteroatoms. The van der Waals surface area contributed by atoms with E-state index in [0.717, 1.165) is 49.9 Å². The summed E-state index contributed by atoms with van der Waals surface area (Å²) >= 11 is 0. The van der Waals surface area contributed by atoms with Crippen LogP contribution in [0.15, 0.2) is 18.3 Å². The van der Waals surface area contributed by atoms with Crippen molar-refractivity contribution >= 4 is 0 Å². The van der Waals surface area contributed by atoms with Crippen molar-refractivity contribution in [2.45, 2.75) is 45.3 Å². The molecule has 0 radical (unpaired) electrons. The number of nitrogens with zero attached hydrogens (tertiary/aromatic N) is 2. The van der Waals surface area contributed by atoms with Crippen LogP contribution in [-0.4, -0.2) is 35.3 Å². The van der Waals surface area contributed by atoms with Gasteiger partial charge < -0.3 is 9.64 Å². The number of H-pyrrole nitrogens is 1. The number of unbranched alkanes of at least 4 members (excludes halogenated alkanes) is 1. The monoisotopic (exact) mass is 399 g/mol. The molecule has 1 N–H and O–H groups in total. The molecule has 0 saturated heterocycles. The summed E-state index contributed by atoms with van der Waals surface area (Å²) in [7, 11) is 1.93. The molecule has 1 aliphatic carbocycles. The minimum Gasteiger partial charge on any atom is -0.490 e. The molecule has 0 atom stereocenters. The van der Waals surface area contributed by atoms with Gasteiger partial charge in [0.1, 0.15) is 5.56 Å². The fourth-order valence-corrected chi connectivity index (χ4v) is 3.06. The molecule has 0 unspecified atom stereocenters. The molecule has 1 fully saturated rings. The van der Waals surface area contributed by atoms with Gasteiger partial charge in [0.25, 0.3) is 0 Å². The molecule has 3 rings (SSSR count). The van der Waals surface area contributed by atoms with Crippen molar-refractivity contribution in [1.29, 1.82) is 0 Å². The first-order valence-corrected chi connectivity index (χ1v) is 9.54. The van der Waals surface area contributed by atoms with Crippen molar-refractivity contribution in [3.63, 3.8) is 0 Å². The maximum Gasteiger partial charge on any atom is 0.420 e. The summed E-state index contributed by atoms with van der Waals surface area (Å²) in [5.41, 5.74) is 0.127. The van der Waals surface area contributed by atoms with Gasteiger partial charge in [0.15, 0.2) is 11.6 Å². The van der Waals surface area contributed by atoms with Gasteiger partial charge in [0, 0.05) is 17.7 Å². The van der Waals surface area contributed by atoms with Crippen LogP contribution >= 0.6 is 0 Å². The minimum absolute atomic E-state index is 0.108. The molecule has 1 aromatic carbocycles. The lowest BCUT2D eigenvalue weighted by Gasteiger charge is -2.18. The van der Waals surface area contributed by atoms with Crippen LogP contribution in [0.2, 0.25) is 0 Å². The summed E-state index contributed by atoms with van der Waals surface area (Å²) in [6.45, 7) is 3.56. The predicted octanol–water partition coefficient (Wildman–Crippen LogP) is 5.26. The van der Waals surface area contributed by atoms with E-state index in [-0.39, 0.29) is 18.1 Å². The molecule has 2 aromatic rings. The number of aromatic amines is 1. The fraction of sp³-hybridized carbons (Fsp3) is 0.550. The molecule has 0 bridgehead atoms. The van der Waals surface area contributed by atoms with Gasteiger partial charge in [-0.1, -0.05) is 13.3 Å². The summed E-state index contributed by atoms with van der Waals surface area (Å²) in [6, 6.07) is 2.02. The van der Waals surface area contributed by atoms with E-state index < -0.39 is 23.3 Å². The second-order valence-corrected chi connectivity index (χ2v) is 7.45. The molecule has 1 heterocycles. The maximum atomic E-state index is 14.6. The van der Waals surface area contributed by atoms with Crippen LogP contribution in [0.4, 0.5) is 17.6 Å². The largest absolute Gasteiger partial charge is 0.490 e. The molecule has 28 heavy (non-hydrogen) atoms. The fourth-order valence-electron chi connectivity index (χ4n) is 3.06. The summed E-state index contributed by atoms with van der Waals surface area (Å²) in [4.78, 5) is 2.06. The Hall–Kier alpha value is -2.09. The first-order valence-electron chi connectivity index (χ1n) is 9.54. The third-order valence-corrected chi connectivity index (χ3v) is 4.85. The van der Waals surface area contributed by atoms with Crippen LogP contribution in [-0.2, 0) is 12.7 Å². The number of ether oxygens (including phenoxy) is 1. The predicted molar refractivity (Wildman–Crippen MR) is 98.4 cm³/mol. The van der Waals surface area contributed by atoms with Gasteiger partial charge >= 0.3 is 6.18 Å². The normalized spacial score (nSPS) is 14.7. The number of halogens is 4. The highest BCUT2D eigenvalue weighted by atomic mass is 19.4. The second kappa shape index (κ2) is 8.51. The van der Waals surface area contributed by atoms with Crippen LogP contribution in [0.5, 0.6) is 5.75 Å². The minimum atomic E-state index is -4.71. The van der Waals surface area contributed by atoms with Crippen LogP contribution in [0.1, 0.15) is 43.7 Å². The van der Waals surface area contributed by atoms with Gasteiger partial charge in [0.2, 0.25) is 0 Å². The average Bonchev–Trinajstić information content (AvgIpc) is 3.34. The smallest absolute Gasteiger partial charge is 0.420 e. The zero-order valence-electron chi connectivity index (χ0n) is 16.1. The molecule has 154 valence electrons. The summed E-state index contributed by atoms with van der Waals surface area (Å²) in [5.74, 6) is -1.51. The molecule has 1 saturated carbocycles. The Morgan fingerprint density at radius 2 is 2.04 bits per heavy atom. The summed E-state index contributed by atoms with van der Waals surface area (Å²) < 4.78 is 60.5. The molecule has 4 nitrogen and oxygen atoms in total. The number of rotatable bonds is 9. The standard InChI is InChI=1S/C20H25F4N3O/c1-3-4-7-27(2)11-15-10-25-26-18(15)14-8-16(20(22,23)24)19(17(21)9-14)28-12-13-5-6-13/h8-10,13H,3-7,11-12H2,1-2H3,(H,25,26). The van der Waals surface area contributed by atoms with E-state index >= 15 is 0 Å². The van der Waals surface area contributed by atoms with Gasteiger partial charge in [0.05, 0.1) is 18.5 Å². The van der Waals surface area contributed by atoms with Crippen LogP contribution in [0, 0.1) is 11.7 Å². The maximum absolute atomic E-state index is 14.6. The highest BCUT2D eigenvalue weighted by Gasteiger charge is 2.37. The zero-order chi connectivity index (χ0) is 20.3. The summed E-state index contributed by atoms with van der Waals surface area (Å²) in [5, 5.41) is 6.67. The molecular weight excluding hydrogens is 374 g/mol. The van der Waals surface area contributed by atoms with Gasteiger partial charge in [-0.25, -0.2) is 4.39 Å². The highest BCUT2D eigenvalue weighted by Crippen LogP contribution is 2.41. The lowest BCUT2D eigenvalue weighted by molar-refractivity contribution is -0.139. The van der Waals surface area contributed by atoms with Gasteiger partial charge in [-0.3, -0.25) is 5.10 Å². The van der Waals surface area contributed by atoms with Crippen LogP contribution in [0.3, 0.4) is 0 Å². The van der Waals surface area contributed by atoms with Crippen molar-refractivity contribution in [3.8, 4) is 17.0 Å². The van der Waals surface area contributed by atoms with Crippen molar-refractivity contribution in [2.75, 3.05) is 20.2 Å². The Morgan fingerprint density at radius 1 is 1.29 bits per heavy atom. The van der Waals surface area contributed by atoms with E-state index in [4.69, 9.17) is 4.74 Å². The number of aromatic nitrogens is 2. The topological polar surface area (TPSA) is 41.2 Å². The summed E-state index contributed by atoms with van der Waals surface area (Å²) in [6.07, 6.45) is 0.733. The van der Waals surface area contributed by atoms with E-state index in [9.17, 15) is 17.6 Å². The van der Waals surface area contributed by atoms with Crippen LogP contribution < -0.4 is 4.74 Å². The van der Waals surface area contributed by atoms with Gasteiger partial charge in [-0.15, -0.1) is 0 Å². The van der Waals surface area contributed by atoms with E-state index in [2.05, 4.69) is 22.0 Å². The molecule has 1 aromatic heterocycles. The lowest BCUT2D eigenvalue weighted by Crippen LogP contribution is -2.19. The van der Waals surface area contributed by atoms with E-state index in [1.165, 1.54) is 0 Å². The Kier molecular flexibility index (Phi) is 6.27. The van der Waals surface area contributed by atoms with Crippen molar-refractivity contribution in [3.05, 3.63) is 35.3 Å². The number of hydrogen-bond acceptors (Lipinski definition) is 3. The molecule has 0 amide bonds. The lowest BCUT2D eigenvalue weighted by atomic mass is 10.0. The molecule has 1 aliphatic rings. The van der Waals surface area contributed by atoms with Crippen molar-refractivity contribution in [2.24, 2.45) is 5.92 Å². The van der Waals surface area contributed by atoms with Gasteiger partial charge in [-0.2, -0.15) is 18.3 Å². The SMILES string of the molecule is CCCCN(C)Cc1cn[nH]c1-c1cc(F)c(OCC2CC2)c(C(F)(F)F)c1. The number of alkyl halides is 3. The average molecular weight is 399 g/mol. The van der Waals surface area contributed by atoms with E-state index in [0.29, 0.717) is 12.2 Å². The molecular formula is C20H25F4N3O. The zero-order valence-corrected chi connectivity index (χ0v) is 16.1. The first-order chi connectivity index (χ1) is 13.3. The quantitative estimate of drug-likeness (QED) is 0.585. The second-order valence-electron chi connectivity index (χ2n) is 7.45. The number of benzene rings is 1. The Bertz CT molecular complexity index is 799. The Balaban J connectivity index is 1.90. The Morgan fingerprint density at radius 3 is 2.68 bits per heavy atom. The number of nitrogens with one attached hydrogen (secondary N) is 1. The van der Waals surface area contributed by atoms with Crippen molar-refractivity contribution in [1.82, 2.24) is 15.1 Å². The molecule has 0 aliphatic heterocycles. The first kappa shape index (κ1) is 20.6. The van der Waals surface area contributed by atoms with Crippen LogP contribution in [0.25, 0.3) is 11.3 Å². The van der Waals surface area contributed by atoms with E-state index in [1.807, 2.05) is 7.05 Å². The van der Waals surface area contributed by atoms with Gasteiger partial charge in [-0.05, 0) is 50.9 Å². The van der Waals surface area contributed by atoms with Crippen molar-refractivity contribution < 1.29 is 22.3 Å².